The number of rotatable bonds is 5. The molecule has 2 aromatic carbocycles. The van der Waals surface area contributed by atoms with Gasteiger partial charge in [-0.05, 0) is 43.7 Å². The Hall–Kier alpha value is -1.77. The Morgan fingerprint density at radius 3 is 2.62 bits per heavy atom. The molecule has 21 heavy (non-hydrogen) atoms. The highest BCUT2D eigenvalue weighted by molar-refractivity contribution is 6.30. The van der Waals surface area contributed by atoms with Crippen molar-refractivity contribution < 1.29 is 4.42 Å². The highest BCUT2D eigenvalue weighted by Gasteiger charge is 2.09. The molecule has 0 saturated carbocycles. The first-order valence-electron chi connectivity index (χ1n) is 7.16. The van der Waals surface area contributed by atoms with Crippen LogP contribution >= 0.6 is 11.6 Å². The molecule has 0 bridgehead atoms. The van der Waals surface area contributed by atoms with E-state index in [0.717, 1.165) is 35.9 Å². The van der Waals surface area contributed by atoms with Crippen molar-refractivity contribution in [1.82, 2.24) is 5.32 Å². The van der Waals surface area contributed by atoms with Crippen LogP contribution in [0.1, 0.15) is 16.9 Å². The Kier molecular flexibility index (Phi) is 4.28. The van der Waals surface area contributed by atoms with Crippen LogP contribution in [0, 0.1) is 6.92 Å². The van der Waals surface area contributed by atoms with Crippen molar-refractivity contribution in [3.63, 3.8) is 0 Å². The normalized spacial score (nSPS) is 11.1. The number of benzene rings is 2. The maximum absolute atomic E-state index is 5.89. The molecule has 1 heterocycles. The summed E-state index contributed by atoms with van der Waals surface area (Å²) in [5, 5.41) is 5.48. The van der Waals surface area contributed by atoms with Gasteiger partial charge in [-0.1, -0.05) is 41.9 Å². The largest absolute Gasteiger partial charge is 0.461 e. The van der Waals surface area contributed by atoms with Gasteiger partial charge < -0.3 is 9.73 Å². The molecule has 0 aliphatic carbocycles. The van der Waals surface area contributed by atoms with Gasteiger partial charge in [-0.2, -0.15) is 0 Å². The standard InChI is InChI=1S/C18H18ClNO/c1-13-17(16-4-2-3-5-18(16)21-13)12-20-11-10-14-6-8-15(19)9-7-14/h2-9,20H,10-12H2,1H3. The topological polar surface area (TPSA) is 25.2 Å². The lowest BCUT2D eigenvalue weighted by Crippen LogP contribution is -2.16. The van der Waals surface area contributed by atoms with E-state index in [1.54, 1.807) is 0 Å². The van der Waals surface area contributed by atoms with E-state index in [1.807, 2.05) is 31.2 Å². The monoisotopic (exact) mass is 299 g/mol. The zero-order valence-corrected chi connectivity index (χ0v) is 12.8. The summed E-state index contributed by atoms with van der Waals surface area (Å²) in [6.07, 6.45) is 0.992. The summed E-state index contributed by atoms with van der Waals surface area (Å²) in [7, 11) is 0. The first-order valence-corrected chi connectivity index (χ1v) is 7.54. The highest BCUT2D eigenvalue weighted by atomic mass is 35.5. The van der Waals surface area contributed by atoms with E-state index in [2.05, 4.69) is 29.6 Å². The molecule has 0 unspecified atom stereocenters. The summed E-state index contributed by atoms with van der Waals surface area (Å²) in [5.41, 5.74) is 3.51. The zero-order chi connectivity index (χ0) is 14.7. The van der Waals surface area contributed by atoms with Crippen LogP contribution in [-0.2, 0) is 13.0 Å². The molecule has 0 atom stereocenters. The number of nitrogens with one attached hydrogen (secondary N) is 1. The van der Waals surface area contributed by atoms with E-state index in [0.29, 0.717) is 0 Å². The number of furan rings is 1. The molecule has 3 aromatic rings. The number of hydrogen-bond donors (Lipinski definition) is 1. The molecular weight excluding hydrogens is 282 g/mol. The first kappa shape index (κ1) is 14.2. The lowest BCUT2D eigenvalue weighted by molar-refractivity contribution is 0.565. The Labute approximate surface area is 129 Å². The number of hydrogen-bond acceptors (Lipinski definition) is 2. The van der Waals surface area contributed by atoms with Crippen LogP contribution in [0.2, 0.25) is 5.02 Å². The van der Waals surface area contributed by atoms with Gasteiger partial charge in [0.05, 0.1) is 0 Å². The van der Waals surface area contributed by atoms with Crippen molar-refractivity contribution in [1.29, 1.82) is 0 Å². The van der Waals surface area contributed by atoms with Crippen molar-refractivity contribution >= 4 is 22.6 Å². The SMILES string of the molecule is Cc1oc2ccccc2c1CNCCc1ccc(Cl)cc1. The van der Waals surface area contributed by atoms with Gasteiger partial charge in [0.2, 0.25) is 0 Å². The highest BCUT2D eigenvalue weighted by Crippen LogP contribution is 2.24. The predicted octanol–water partition coefficient (Wildman–Crippen LogP) is 4.73. The summed E-state index contributed by atoms with van der Waals surface area (Å²) < 4.78 is 5.77. The minimum absolute atomic E-state index is 0.784. The lowest BCUT2D eigenvalue weighted by Gasteiger charge is -2.05. The van der Waals surface area contributed by atoms with Crippen molar-refractivity contribution in [2.45, 2.75) is 19.9 Å². The van der Waals surface area contributed by atoms with Crippen molar-refractivity contribution in [3.8, 4) is 0 Å². The first-order chi connectivity index (χ1) is 10.2. The molecule has 3 heteroatoms. The van der Waals surface area contributed by atoms with Gasteiger partial charge in [0.1, 0.15) is 11.3 Å². The number of para-hydroxylation sites is 1. The third-order valence-electron chi connectivity index (χ3n) is 3.71. The Morgan fingerprint density at radius 2 is 1.81 bits per heavy atom. The zero-order valence-electron chi connectivity index (χ0n) is 12.0. The molecule has 0 amide bonds. The summed E-state index contributed by atoms with van der Waals surface area (Å²) in [6.45, 7) is 3.78. The van der Waals surface area contributed by atoms with E-state index >= 15 is 0 Å². The second-order valence-electron chi connectivity index (χ2n) is 5.19. The van der Waals surface area contributed by atoms with Gasteiger partial charge in [-0.25, -0.2) is 0 Å². The fourth-order valence-corrected chi connectivity index (χ4v) is 2.66. The van der Waals surface area contributed by atoms with E-state index < -0.39 is 0 Å². The third kappa shape index (κ3) is 3.29. The smallest absolute Gasteiger partial charge is 0.134 e. The quantitative estimate of drug-likeness (QED) is 0.689. The molecule has 2 nitrogen and oxygen atoms in total. The Morgan fingerprint density at radius 1 is 1.05 bits per heavy atom. The van der Waals surface area contributed by atoms with Crippen LogP contribution in [0.3, 0.4) is 0 Å². The van der Waals surface area contributed by atoms with Gasteiger partial charge in [0.15, 0.2) is 0 Å². The summed E-state index contributed by atoms with van der Waals surface area (Å²) in [4.78, 5) is 0. The average molecular weight is 300 g/mol. The molecule has 0 fully saturated rings. The Balaban J connectivity index is 1.59. The van der Waals surface area contributed by atoms with Gasteiger partial charge in [0.25, 0.3) is 0 Å². The molecule has 1 N–H and O–H groups in total. The lowest BCUT2D eigenvalue weighted by atomic mass is 10.1. The van der Waals surface area contributed by atoms with Crippen LogP contribution in [-0.4, -0.2) is 6.54 Å². The molecule has 0 aliphatic heterocycles. The summed E-state index contributed by atoms with van der Waals surface area (Å²) >= 11 is 5.89. The average Bonchev–Trinajstić information content (AvgIpc) is 2.81. The minimum Gasteiger partial charge on any atom is -0.461 e. The van der Waals surface area contributed by atoms with Gasteiger partial charge in [0, 0.05) is 22.5 Å². The second kappa shape index (κ2) is 6.33. The van der Waals surface area contributed by atoms with E-state index in [4.69, 9.17) is 16.0 Å². The second-order valence-corrected chi connectivity index (χ2v) is 5.62. The summed E-state index contributed by atoms with van der Waals surface area (Å²) in [5.74, 6) is 0.996. The fraction of sp³-hybridized carbons (Fsp3) is 0.222. The van der Waals surface area contributed by atoms with Crippen molar-refractivity contribution in [2.24, 2.45) is 0 Å². The van der Waals surface area contributed by atoms with E-state index in [1.165, 1.54) is 16.5 Å². The molecule has 3 rings (SSSR count). The number of aryl methyl sites for hydroxylation is 1. The maximum Gasteiger partial charge on any atom is 0.134 e. The van der Waals surface area contributed by atoms with Crippen LogP contribution in [0.25, 0.3) is 11.0 Å². The molecule has 1 aromatic heterocycles. The summed E-state index contributed by atoms with van der Waals surface area (Å²) in [6, 6.07) is 16.2. The van der Waals surface area contributed by atoms with Crippen LogP contribution in [0.5, 0.6) is 0 Å². The molecule has 0 radical (unpaired) electrons. The molecule has 0 saturated heterocycles. The maximum atomic E-state index is 5.89. The number of halogens is 1. The minimum atomic E-state index is 0.784. The molecule has 108 valence electrons. The van der Waals surface area contributed by atoms with Crippen molar-refractivity contribution in [2.75, 3.05) is 6.54 Å². The molecule has 0 spiro atoms. The Bertz CT molecular complexity index is 731. The van der Waals surface area contributed by atoms with Crippen LogP contribution < -0.4 is 5.32 Å². The van der Waals surface area contributed by atoms with Gasteiger partial charge in [-0.15, -0.1) is 0 Å². The predicted molar refractivity (Wildman–Crippen MR) is 87.8 cm³/mol. The van der Waals surface area contributed by atoms with Crippen molar-refractivity contribution in [3.05, 3.63) is 70.4 Å². The van der Waals surface area contributed by atoms with E-state index in [9.17, 15) is 0 Å². The van der Waals surface area contributed by atoms with Crippen LogP contribution in [0.15, 0.2) is 52.9 Å². The third-order valence-corrected chi connectivity index (χ3v) is 3.96. The van der Waals surface area contributed by atoms with Crippen LogP contribution in [0.4, 0.5) is 0 Å². The van der Waals surface area contributed by atoms with Gasteiger partial charge in [-0.3, -0.25) is 0 Å². The number of fused-ring (bicyclic) bond motifs is 1. The fourth-order valence-electron chi connectivity index (χ4n) is 2.54. The van der Waals surface area contributed by atoms with E-state index in [-0.39, 0.29) is 0 Å². The van der Waals surface area contributed by atoms with Gasteiger partial charge >= 0.3 is 0 Å². The molecular formula is C18H18ClNO. The molecule has 0 aliphatic rings.